The molecule has 6 heteroatoms. The van der Waals surface area contributed by atoms with Crippen LogP contribution in [0.15, 0.2) is 24.3 Å². The first-order chi connectivity index (χ1) is 11.3. The van der Waals surface area contributed by atoms with Crippen LogP contribution < -0.4 is 11.1 Å². The number of carbonyl (C=O) groups is 2. The molecule has 0 atom stereocenters. The Bertz CT molecular complexity index is 581. The molecule has 1 aromatic rings. The summed E-state index contributed by atoms with van der Waals surface area (Å²) >= 11 is 0. The summed E-state index contributed by atoms with van der Waals surface area (Å²) < 4.78 is 0. The van der Waals surface area contributed by atoms with Gasteiger partial charge in [0.2, 0.25) is 11.8 Å². The van der Waals surface area contributed by atoms with Crippen molar-refractivity contribution in [3.8, 4) is 0 Å². The molecule has 0 unspecified atom stereocenters. The van der Waals surface area contributed by atoms with Gasteiger partial charge in [0.25, 0.3) is 0 Å². The molecular weight excluding hydrogens is 338 g/mol. The van der Waals surface area contributed by atoms with Gasteiger partial charge in [0.15, 0.2) is 0 Å². The van der Waals surface area contributed by atoms with Crippen molar-refractivity contribution >= 4 is 29.9 Å². The number of carbonyl (C=O) groups excluding carboxylic acids is 2. The largest absolute Gasteiger partial charge is 0.336 e. The van der Waals surface area contributed by atoms with E-state index >= 15 is 0 Å². The highest BCUT2D eigenvalue weighted by atomic mass is 35.5. The van der Waals surface area contributed by atoms with Crippen molar-refractivity contribution in [3.63, 3.8) is 0 Å². The summed E-state index contributed by atoms with van der Waals surface area (Å²) in [6.07, 6.45) is 4.68. The van der Waals surface area contributed by atoms with Gasteiger partial charge in [-0.25, -0.2) is 0 Å². The third kappa shape index (κ3) is 5.72. The molecule has 0 aliphatic heterocycles. The van der Waals surface area contributed by atoms with Crippen LogP contribution in [0.3, 0.4) is 0 Å². The number of benzene rings is 1. The predicted molar refractivity (Wildman–Crippen MR) is 104 cm³/mol. The Morgan fingerprint density at radius 2 is 1.72 bits per heavy atom. The third-order valence-electron chi connectivity index (χ3n) is 4.79. The molecule has 1 aliphatic carbocycles. The number of hydrogen-bond acceptors (Lipinski definition) is 3. The monoisotopic (exact) mass is 367 g/mol. The van der Waals surface area contributed by atoms with Gasteiger partial charge in [0.05, 0.1) is 5.54 Å². The van der Waals surface area contributed by atoms with Gasteiger partial charge in [-0.3, -0.25) is 9.59 Å². The summed E-state index contributed by atoms with van der Waals surface area (Å²) in [5.41, 5.74) is 7.31. The topological polar surface area (TPSA) is 75.4 Å². The summed E-state index contributed by atoms with van der Waals surface area (Å²) in [5, 5.41) is 2.93. The van der Waals surface area contributed by atoms with Crippen LogP contribution in [-0.2, 0) is 16.1 Å². The molecule has 1 aliphatic rings. The average Bonchev–Trinajstić information content (AvgIpc) is 2.54. The number of hydrogen-bond donors (Lipinski definition) is 2. The van der Waals surface area contributed by atoms with Crippen LogP contribution in [0.4, 0.5) is 5.69 Å². The second kappa shape index (κ2) is 9.20. The molecule has 140 valence electrons. The standard InChI is InChI=1S/C19H29N3O2.ClH/c1-14(2)22(15(3)23)13-16-7-9-17(10-8-16)21-18(24)19(20)11-5-4-6-12-19;/h7-10,14H,4-6,11-13,20H2,1-3H3,(H,21,24);1H. The summed E-state index contributed by atoms with van der Waals surface area (Å²) in [6, 6.07) is 7.79. The van der Waals surface area contributed by atoms with E-state index in [9.17, 15) is 9.59 Å². The Kier molecular flexibility index (Phi) is 7.90. The molecule has 3 N–H and O–H groups in total. The van der Waals surface area contributed by atoms with Gasteiger partial charge in [-0.05, 0) is 44.4 Å². The van der Waals surface area contributed by atoms with Gasteiger partial charge in [-0.2, -0.15) is 0 Å². The number of nitrogens with one attached hydrogen (secondary N) is 1. The van der Waals surface area contributed by atoms with Crippen molar-refractivity contribution in [1.29, 1.82) is 0 Å². The molecule has 0 spiro atoms. The highest BCUT2D eigenvalue weighted by Gasteiger charge is 2.35. The Balaban J connectivity index is 0.00000312. The molecule has 0 aromatic heterocycles. The number of halogens is 1. The highest BCUT2D eigenvalue weighted by Crippen LogP contribution is 2.27. The minimum atomic E-state index is -0.736. The first-order valence-corrected chi connectivity index (χ1v) is 8.78. The summed E-state index contributed by atoms with van der Waals surface area (Å²) in [4.78, 5) is 25.9. The van der Waals surface area contributed by atoms with E-state index < -0.39 is 5.54 Å². The number of nitrogens with two attached hydrogens (primary N) is 1. The Morgan fingerprint density at radius 3 is 2.20 bits per heavy atom. The van der Waals surface area contributed by atoms with Gasteiger partial charge < -0.3 is 16.0 Å². The molecule has 0 radical (unpaired) electrons. The molecule has 1 fully saturated rings. The summed E-state index contributed by atoms with van der Waals surface area (Å²) in [5.74, 6) is -0.0350. The van der Waals surface area contributed by atoms with Crippen molar-refractivity contribution < 1.29 is 9.59 Å². The van der Waals surface area contributed by atoms with Crippen LogP contribution in [0.2, 0.25) is 0 Å². The minimum absolute atomic E-state index is 0. The van der Waals surface area contributed by atoms with Gasteiger partial charge >= 0.3 is 0 Å². The maximum Gasteiger partial charge on any atom is 0.244 e. The summed E-state index contributed by atoms with van der Waals surface area (Å²) in [7, 11) is 0. The smallest absolute Gasteiger partial charge is 0.244 e. The molecule has 0 bridgehead atoms. The molecule has 1 aromatic carbocycles. The first-order valence-electron chi connectivity index (χ1n) is 8.78. The molecule has 1 saturated carbocycles. The maximum absolute atomic E-state index is 12.4. The number of amides is 2. The Morgan fingerprint density at radius 1 is 1.16 bits per heavy atom. The zero-order valence-electron chi connectivity index (χ0n) is 15.4. The highest BCUT2D eigenvalue weighted by molar-refractivity contribution is 5.98. The lowest BCUT2D eigenvalue weighted by Gasteiger charge is -2.31. The van der Waals surface area contributed by atoms with E-state index in [1.165, 1.54) is 0 Å². The molecule has 5 nitrogen and oxygen atoms in total. The van der Waals surface area contributed by atoms with Crippen LogP contribution >= 0.6 is 12.4 Å². The maximum atomic E-state index is 12.4. The predicted octanol–water partition coefficient (Wildman–Crippen LogP) is 3.47. The lowest BCUT2D eigenvalue weighted by molar-refractivity contribution is -0.131. The lowest BCUT2D eigenvalue weighted by Crippen LogP contribution is -2.52. The fourth-order valence-electron chi connectivity index (χ4n) is 3.21. The fraction of sp³-hybridized carbons (Fsp3) is 0.579. The van der Waals surface area contributed by atoms with Crippen LogP contribution in [0.25, 0.3) is 0 Å². The quantitative estimate of drug-likeness (QED) is 0.836. The number of nitrogens with zero attached hydrogens (tertiary/aromatic N) is 1. The van der Waals surface area contributed by atoms with E-state index in [4.69, 9.17) is 5.73 Å². The SMILES string of the molecule is CC(=O)N(Cc1ccc(NC(=O)C2(N)CCCCC2)cc1)C(C)C.Cl. The zero-order valence-corrected chi connectivity index (χ0v) is 16.2. The first kappa shape index (κ1) is 21.5. The van der Waals surface area contributed by atoms with E-state index in [-0.39, 0.29) is 30.3 Å². The van der Waals surface area contributed by atoms with Crippen LogP contribution in [0.1, 0.15) is 58.4 Å². The number of anilines is 1. The van der Waals surface area contributed by atoms with Crippen molar-refractivity contribution in [2.24, 2.45) is 5.73 Å². The molecule has 0 saturated heterocycles. The van der Waals surface area contributed by atoms with Crippen molar-refractivity contribution in [3.05, 3.63) is 29.8 Å². The van der Waals surface area contributed by atoms with E-state index in [1.54, 1.807) is 6.92 Å². The summed E-state index contributed by atoms with van der Waals surface area (Å²) in [6.45, 7) is 6.16. The van der Waals surface area contributed by atoms with Gasteiger partial charge in [-0.1, -0.05) is 31.4 Å². The second-order valence-corrected chi connectivity index (χ2v) is 7.11. The zero-order chi connectivity index (χ0) is 17.7. The molecular formula is C19H30ClN3O2. The average molecular weight is 368 g/mol. The van der Waals surface area contributed by atoms with Crippen molar-refractivity contribution in [2.45, 2.75) is 71.0 Å². The van der Waals surface area contributed by atoms with Crippen LogP contribution in [0.5, 0.6) is 0 Å². The lowest BCUT2D eigenvalue weighted by atomic mass is 9.82. The molecule has 2 rings (SSSR count). The molecule has 25 heavy (non-hydrogen) atoms. The van der Waals surface area contributed by atoms with E-state index in [0.717, 1.165) is 43.4 Å². The van der Waals surface area contributed by atoms with Crippen LogP contribution in [-0.4, -0.2) is 28.3 Å². The molecule has 0 heterocycles. The van der Waals surface area contributed by atoms with Crippen LogP contribution in [0, 0.1) is 0 Å². The van der Waals surface area contributed by atoms with E-state index in [2.05, 4.69) is 5.32 Å². The minimum Gasteiger partial charge on any atom is -0.336 e. The van der Waals surface area contributed by atoms with E-state index in [1.807, 2.05) is 43.0 Å². The van der Waals surface area contributed by atoms with Crippen molar-refractivity contribution in [2.75, 3.05) is 5.32 Å². The normalized spacial score (nSPS) is 16.0. The van der Waals surface area contributed by atoms with Gasteiger partial charge in [0, 0.05) is 25.2 Å². The van der Waals surface area contributed by atoms with Crippen molar-refractivity contribution in [1.82, 2.24) is 4.90 Å². The van der Waals surface area contributed by atoms with Gasteiger partial charge in [0.1, 0.15) is 0 Å². The Hall–Kier alpha value is -1.59. The third-order valence-corrected chi connectivity index (χ3v) is 4.79. The Labute approximate surface area is 156 Å². The molecule has 2 amide bonds. The fourth-order valence-corrected chi connectivity index (χ4v) is 3.21. The number of rotatable bonds is 5. The second-order valence-electron chi connectivity index (χ2n) is 7.11. The van der Waals surface area contributed by atoms with E-state index in [0.29, 0.717) is 6.54 Å². The van der Waals surface area contributed by atoms with Gasteiger partial charge in [-0.15, -0.1) is 12.4 Å².